The molecule has 1 aromatic heterocycles. The molecule has 0 saturated carbocycles. The van der Waals surface area contributed by atoms with Gasteiger partial charge in [0.1, 0.15) is 16.8 Å². The summed E-state index contributed by atoms with van der Waals surface area (Å²) in [6.07, 6.45) is 0.569. The highest BCUT2D eigenvalue weighted by atomic mass is 32.1. The van der Waals surface area contributed by atoms with Crippen molar-refractivity contribution in [2.45, 2.75) is 32.2 Å². The maximum absolute atomic E-state index is 12.1. The summed E-state index contributed by atoms with van der Waals surface area (Å²) in [5, 5.41) is 5.86. The zero-order valence-corrected chi connectivity index (χ0v) is 15.6. The van der Waals surface area contributed by atoms with Crippen LogP contribution in [0.4, 0.5) is 9.93 Å². The van der Waals surface area contributed by atoms with Crippen molar-refractivity contribution in [3.8, 4) is 5.75 Å². The molecular formula is C17H20N4O4S. The van der Waals surface area contributed by atoms with E-state index in [1.54, 1.807) is 21.0 Å². The summed E-state index contributed by atoms with van der Waals surface area (Å²) in [5.74, 6) is 0.163. The van der Waals surface area contributed by atoms with Crippen molar-refractivity contribution < 1.29 is 19.1 Å². The van der Waals surface area contributed by atoms with E-state index in [2.05, 4.69) is 15.6 Å². The molecule has 4 amide bonds. The van der Waals surface area contributed by atoms with Gasteiger partial charge in [-0.05, 0) is 32.4 Å². The number of anilines is 1. The van der Waals surface area contributed by atoms with Crippen molar-refractivity contribution in [2.75, 3.05) is 19.0 Å². The lowest BCUT2D eigenvalue weighted by Gasteiger charge is -2.15. The number of carbonyl (C=O) groups excluding carboxylic acids is 3. The topological polar surface area (TPSA) is 101 Å². The molecule has 138 valence electrons. The van der Waals surface area contributed by atoms with Gasteiger partial charge in [-0.1, -0.05) is 17.4 Å². The van der Waals surface area contributed by atoms with E-state index in [9.17, 15) is 14.4 Å². The Morgan fingerprint density at radius 1 is 1.38 bits per heavy atom. The van der Waals surface area contributed by atoms with Gasteiger partial charge in [-0.15, -0.1) is 0 Å². The number of amides is 4. The first-order valence-electron chi connectivity index (χ1n) is 8.19. The highest BCUT2D eigenvalue weighted by Gasteiger charge is 2.43. The fourth-order valence-electron chi connectivity index (χ4n) is 2.74. The van der Waals surface area contributed by atoms with Crippen LogP contribution in [0.25, 0.3) is 10.2 Å². The summed E-state index contributed by atoms with van der Waals surface area (Å²) in [4.78, 5) is 41.5. The normalized spacial score (nSPS) is 16.0. The van der Waals surface area contributed by atoms with E-state index in [0.717, 1.165) is 9.60 Å². The van der Waals surface area contributed by atoms with E-state index in [-0.39, 0.29) is 24.8 Å². The lowest BCUT2D eigenvalue weighted by atomic mass is 10.1. The Bertz CT molecular complexity index is 877. The second-order valence-electron chi connectivity index (χ2n) is 6.49. The molecule has 1 aliphatic rings. The van der Waals surface area contributed by atoms with Gasteiger partial charge >= 0.3 is 6.03 Å². The largest absolute Gasteiger partial charge is 0.494 e. The lowest BCUT2D eigenvalue weighted by Crippen LogP contribution is -2.40. The summed E-state index contributed by atoms with van der Waals surface area (Å²) >= 11 is 1.36. The van der Waals surface area contributed by atoms with Gasteiger partial charge in [0.25, 0.3) is 5.91 Å². The molecule has 3 rings (SSSR count). The maximum Gasteiger partial charge on any atom is 0.325 e. The van der Waals surface area contributed by atoms with Crippen LogP contribution in [-0.4, -0.2) is 46.9 Å². The minimum absolute atomic E-state index is 0.185. The van der Waals surface area contributed by atoms with Gasteiger partial charge in [-0.25, -0.2) is 9.78 Å². The molecular weight excluding hydrogens is 356 g/mol. The van der Waals surface area contributed by atoms with Crippen LogP contribution in [0.1, 0.15) is 26.7 Å². The molecule has 0 radical (unpaired) electrons. The number of benzene rings is 1. The number of nitrogens with zero attached hydrogens (tertiary/aromatic N) is 2. The number of para-hydroxylation sites is 1. The number of aromatic nitrogens is 1. The number of ether oxygens (including phenoxy) is 1. The van der Waals surface area contributed by atoms with Crippen LogP contribution in [0.2, 0.25) is 0 Å². The van der Waals surface area contributed by atoms with Gasteiger partial charge in [0.05, 0.1) is 11.8 Å². The number of fused-ring (bicyclic) bond motifs is 1. The fourth-order valence-corrected chi connectivity index (χ4v) is 3.64. The van der Waals surface area contributed by atoms with Gasteiger partial charge in [-0.3, -0.25) is 14.5 Å². The number of urea groups is 1. The standard InChI is InChI=1S/C17H20N4O4S/c1-17(2)14(23)21(16(24)20-17)9-5-8-12(22)18-15-19-13-10(25-3)6-4-7-11(13)26-15/h4,6-7H,5,8-9H2,1-3H3,(H,20,24)(H,18,19,22). The Kier molecular flexibility index (Phi) is 4.82. The average Bonchev–Trinajstić information content (AvgIpc) is 3.07. The van der Waals surface area contributed by atoms with Gasteiger partial charge in [-0.2, -0.15) is 0 Å². The Morgan fingerprint density at radius 2 is 2.15 bits per heavy atom. The van der Waals surface area contributed by atoms with Crippen molar-refractivity contribution in [1.29, 1.82) is 0 Å². The molecule has 0 bridgehead atoms. The van der Waals surface area contributed by atoms with Gasteiger partial charge in [0.2, 0.25) is 5.91 Å². The average molecular weight is 376 g/mol. The molecule has 0 unspecified atom stereocenters. The molecule has 1 fully saturated rings. The third-order valence-corrected chi connectivity index (χ3v) is 5.01. The fraction of sp³-hybridized carbons (Fsp3) is 0.412. The van der Waals surface area contributed by atoms with Crippen LogP contribution in [0, 0.1) is 0 Å². The Morgan fingerprint density at radius 3 is 2.81 bits per heavy atom. The second kappa shape index (κ2) is 6.91. The highest BCUT2D eigenvalue weighted by molar-refractivity contribution is 7.22. The number of nitrogens with one attached hydrogen (secondary N) is 2. The molecule has 2 aromatic rings. The molecule has 1 aliphatic heterocycles. The third-order valence-electron chi connectivity index (χ3n) is 4.08. The first kappa shape index (κ1) is 18.1. The van der Waals surface area contributed by atoms with Gasteiger partial charge < -0.3 is 15.4 Å². The molecule has 0 atom stereocenters. The predicted octanol–water partition coefficient (Wildman–Crippen LogP) is 2.35. The van der Waals surface area contributed by atoms with Crippen LogP contribution in [0.3, 0.4) is 0 Å². The van der Waals surface area contributed by atoms with Crippen molar-refractivity contribution in [3.05, 3.63) is 18.2 Å². The van der Waals surface area contributed by atoms with Crippen molar-refractivity contribution >= 4 is 44.5 Å². The molecule has 1 aromatic carbocycles. The Labute approximate surface area is 154 Å². The van der Waals surface area contributed by atoms with E-state index < -0.39 is 11.6 Å². The maximum atomic E-state index is 12.1. The minimum Gasteiger partial charge on any atom is -0.494 e. The number of carbonyl (C=O) groups is 3. The summed E-state index contributed by atoms with van der Waals surface area (Å²) in [7, 11) is 1.57. The van der Waals surface area contributed by atoms with Crippen LogP contribution in [0.5, 0.6) is 5.75 Å². The van der Waals surface area contributed by atoms with Gasteiger partial charge in [0, 0.05) is 13.0 Å². The number of imide groups is 1. The first-order chi connectivity index (χ1) is 12.3. The monoisotopic (exact) mass is 376 g/mol. The quantitative estimate of drug-likeness (QED) is 0.754. The zero-order valence-electron chi connectivity index (χ0n) is 14.8. The number of thiazole rings is 1. The zero-order chi connectivity index (χ0) is 18.9. The van der Waals surface area contributed by atoms with E-state index in [1.807, 2.05) is 18.2 Å². The number of methoxy groups -OCH3 is 1. The van der Waals surface area contributed by atoms with Crippen LogP contribution in [-0.2, 0) is 9.59 Å². The van der Waals surface area contributed by atoms with E-state index in [1.165, 1.54) is 11.3 Å². The molecule has 2 heterocycles. The predicted molar refractivity (Wildman–Crippen MR) is 98.4 cm³/mol. The summed E-state index contributed by atoms with van der Waals surface area (Å²) < 4.78 is 6.18. The SMILES string of the molecule is COc1cccc2sc(NC(=O)CCCN3C(=O)NC(C)(C)C3=O)nc12. The van der Waals surface area contributed by atoms with Crippen molar-refractivity contribution in [2.24, 2.45) is 0 Å². The van der Waals surface area contributed by atoms with E-state index in [4.69, 9.17) is 4.74 Å². The van der Waals surface area contributed by atoms with E-state index >= 15 is 0 Å². The summed E-state index contributed by atoms with van der Waals surface area (Å²) in [6.45, 7) is 3.51. The number of hydrogen-bond donors (Lipinski definition) is 2. The minimum atomic E-state index is -0.889. The second-order valence-corrected chi connectivity index (χ2v) is 7.52. The van der Waals surface area contributed by atoms with Crippen LogP contribution >= 0.6 is 11.3 Å². The molecule has 0 aliphatic carbocycles. The van der Waals surface area contributed by atoms with Crippen LogP contribution in [0.15, 0.2) is 18.2 Å². The molecule has 1 saturated heterocycles. The summed E-state index contributed by atoms with van der Waals surface area (Å²) in [5.41, 5.74) is -0.184. The lowest BCUT2D eigenvalue weighted by molar-refractivity contribution is -0.130. The van der Waals surface area contributed by atoms with Crippen molar-refractivity contribution in [1.82, 2.24) is 15.2 Å². The van der Waals surface area contributed by atoms with Crippen LogP contribution < -0.4 is 15.4 Å². The molecule has 26 heavy (non-hydrogen) atoms. The smallest absolute Gasteiger partial charge is 0.325 e. The van der Waals surface area contributed by atoms with Gasteiger partial charge in [0.15, 0.2) is 5.13 Å². The summed E-state index contributed by atoms with van der Waals surface area (Å²) in [6, 6.07) is 5.17. The molecule has 9 heteroatoms. The highest BCUT2D eigenvalue weighted by Crippen LogP contribution is 2.32. The Hall–Kier alpha value is -2.68. The first-order valence-corrected chi connectivity index (χ1v) is 9.01. The molecule has 2 N–H and O–H groups in total. The van der Waals surface area contributed by atoms with Crippen molar-refractivity contribution in [3.63, 3.8) is 0 Å². The third kappa shape index (κ3) is 3.48. The molecule has 0 spiro atoms. The van der Waals surface area contributed by atoms with E-state index in [0.29, 0.717) is 22.8 Å². The molecule has 8 nitrogen and oxygen atoms in total. The number of hydrogen-bond acceptors (Lipinski definition) is 6. The number of rotatable bonds is 6. The Balaban J connectivity index is 1.55.